The van der Waals surface area contributed by atoms with Crippen LogP contribution in [-0.4, -0.2) is 28.1 Å². The van der Waals surface area contributed by atoms with E-state index in [-0.39, 0.29) is 6.10 Å². The van der Waals surface area contributed by atoms with Crippen molar-refractivity contribution >= 4 is 0 Å². The summed E-state index contributed by atoms with van der Waals surface area (Å²) in [7, 11) is 1.59. The van der Waals surface area contributed by atoms with Crippen molar-refractivity contribution in [3.8, 4) is 0 Å². The van der Waals surface area contributed by atoms with Crippen molar-refractivity contribution < 1.29 is 9.84 Å². The molecule has 2 atom stereocenters. The zero-order valence-corrected chi connectivity index (χ0v) is 8.97. The number of nitrogens with zero attached hydrogens (tertiary/aromatic N) is 2. The maximum atomic E-state index is 9.79. The van der Waals surface area contributed by atoms with Gasteiger partial charge in [0.05, 0.1) is 12.3 Å². The molecule has 0 amide bonds. The fraction of sp³-hybridized carbons (Fsp3) is 0.700. The van der Waals surface area contributed by atoms with Crippen LogP contribution in [0.15, 0.2) is 12.4 Å². The second-order valence-corrected chi connectivity index (χ2v) is 3.42. The third-order valence-corrected chi connectivity index (χ3v) is 2.26. The Morgan fingerprint density at radius 3 is 2.93 bits per heavy atom. The highest BCUT2D eigenvalue weighted by atomic mass is 16.5. The van der Waals surface area contributed by atoms with Gasteiger partial charge in [-0.15, -0.1) is 0 Å². The summed E-state index contributed by atoms with van der Waals surface area (Å²) in [5, 5.41) is 13.9. The topological polar surface area (TPSA) is 47.3 Å². The molecular formula is C10H18N2O2. The molecular weight excluding hydrogens is 180 g/mol. The first-order valence-electron chi connectivity index (χ1n) is 4.92. The molecule has 0 aliphatic rings. The van der Waals surface area contributed by atoms with Gasteiger partial charge in [0.25, 0.3) is 0 Å². The summed E-state index contributed by atoms with van der Waals surface area (Å²) in [5.41, 5.74) is 0.813. The number of aliphatic hydroxyl groups excluding tert-OH is 1. The van der Waals surface area contributed by atoms with Crippen LogP contribution in [0.2, 0.25) is 0 Å². The summed E-state index contributed by atoms with van der Waals surface area (Å²) in [6.45, 7) is 4.81. The van der Waals surface area contributed by atoms with E-state index in [2.05, 4.69) is 12.0 Å². The van der Waals surface area contributed by atoms with Gasteiger partial charge < -0.3 is 9.84 Å². The summed E-state index contributed by atoms with van der Waals surface area (Å²) in [6, 6.07) is 0. The first-order valence-corrected chi connectivity index (χ1v) is 4.92. The molecule has 0 fully saturated rings. The van der Waals surface area contributed by atoms with Crippen LogP contribution < -0.4 is 0 Å². The highest BCUT2D eigenvalue weighted by Crippen LogP contribution is 2.17. The molecule has 0 saturated carbocycles. The van der Waals surface area contributed by atoms with Crippen LogP contribution >= 0.6 is 0 Å². The molecule has 1 aromatic rings. The summed E-state index contributed by atoms with van der Waals surface area (Å²) in [4.78, 5) is 0. The number of rotatable bonds is 5. The molecule has 80 valence electrons. The molecule has 2 unspecified atom stereocenters. The minimum atomic E-state index is -0.592. The number of aromatic nitrogens is 2. The average molecular weight is 198 g/mol. The first kappa shape index (κ1) is 11.2. The monoisotopic (exact) mass is 198 g/mol. The van der Waals surface area contributed by atoms with Gasteiger partial charge in [-0.3, -0.25) is 4.68 Å². The zero-order chi connectivity index (χ0) is 10.6. The molecule has 1 rings (SSSR count). The van der Waals surface area contributed by atoms with E-state index >= 15 is 0 Å². The molecule has 0 bridgehead atoms. The van der Waals surface area contributed by atoms with Gasteiger partial charge in [0.2, 0.25) is 0 Å². The Balaban J connectivity index is 2.65. The van der Waals surface area contributed by atoms with Crippen molar-refractivity contribution in [1.29, 1.82) is 0 Å². The average Bonchev–Trinajstić information content (AvgIpc) is 2.64. The third-order valence-electron chi connectivity index (χ3n) is 2.26. The fourth-order valence-corrected chi connectivity index (χ4v) is 1.28. The van der Waals surface area contributed by atoms with Gasteiger partial charge in [-0.2, -0.15) is 5.10 Å². The lowest BCUT2D eigenvalue weighted by atomic mass is 10.1. The number of aryl methyl sites for hydroxylation is 1. The van der Waals surface area contributed by atoms with Gasteiger partial charge in [0, 0.05) is 25.4 Å². The van der Waals surface area contributed by atoms with Crippen LogP contribution in [0.1, 0.15) is 31.9 Å². The predicted octanol–water partition coefficient (Wildman–Crippen LogP) is 1.36. The SMILES string of the molecule is CCCn1cc(C(O)C(C)OC)cn1. The van der Waals surface area contributed by atoms with Crippen LogP contribution in [0.3, 0.4) is 0 Å². The minimum Gasteiger partial charge on any atom is -0.386 e. The van der Waals surface area contributed by atoms with Crippen molar-refractivity contribution in [3.05, 3.63) is 18.0 Å². The van der Waals surface area contributed by atoms with E-state index in [0.29, 0.717) is 0 Å². The number of methoxy groups -OCH3 is 1. The van der Waals surface area contributed by atoms with Gasteiger partial charge in [0.1, 0.15) is 6.10 Å². The summed E-state index contributed by atoms with van der Waals surface area (Å²) < 4.78 is 6.88. The van der Waals surface area contributed by atoms with Crippen LogP contribution in [-0.2, 0) is 11.3 Å². The molecule has 0 spiro atoms. The second-order valence-electron chi connectivity index (χ2n) is 3.42. The molecule has 0 aliphatic heterocycles. The van der Waals surface area contributed by atoms with Crippen LogP contribution in [0.25, 0.3) is 0 Å². The van der Waals surface area contributed by atoms with Crippen LogP contribution in [0, 0.1) is 0 Å². The van der Waals surface area contributed by atoms with E-state index in [1.807, 2.05) is 17.8 Å². The van der Waals surface area contributed by atoms with Crippen molar-refractivity contribution in [1.82, 2.24) is 9.78 Å². The lowest BCUT2D eigenvalue weighted by molar-refractivity contribution is -0.00147. The lowest BCUT2D eigenvalue weighted by Crippen LogP contribution is -2.16. The highest BCUT2D eigenvalue weighted by molar-refractivity contribution is 5.09. The molecule has 1 heterocycles. The molecule has 0 aliphatic carbocycles. The molecule has 0 radical (unpaired) electrons. The number of hydrogen-bond donors (Lipinski definition) is 1. The third kappa shape index (κ3) is 2.56. The Hall–Kier alpha value is -0.870. The van der Waals surface area contributed by atoms with Crippen molar-refractivity contribution in [2.24, 2.45) is 0 Å². The molecule has 1 N–H and O–H groups in total. The minimum absolute atomic E-state index is 0.200. The molecule has 4 nitrogen and oxygen atoms in total. The second kappa shape index (κ2) is 5.12. The summed E-state index contributed by atoms with van der Waals surface area (Å²) in [6.07, 6.45) is 3.80. The van der Waals surface area contributed by atoms with E-state index in [9.17, 15) is 5.11 Å². The molecule has 0 aromatic carbocycles. The Labute approximate surface area is 84.5 Å². The zero-order valence-electron chi connectivity index (χ0n) is 8.97. The predicted molar refractivity (Wildman–Crippen MR) is 53.9 cm³/mol. The van der Waals surface area contributed by atoms with E-state index in [0.717, 1.165) is 18.5 Å². The first-order chi connectivity index (χ1) is 6.69. The van der Waals surface area contributed by atoms with Gasteiger partial charge >= 0.3 is 0 Å². The standard InChI is InChI=1S/C10H18N2O2/c1-4-5-12-7-9(6-11-12)10(13)8(2)14-3/h6-8,10,13H,4-5H2,1-3H3. The van der Waals surface area contributed by atoms with E-state index in [1.54, 1.807) is 13.3 Å². The lowest BCUT2D eigenvalue weighted by Gasteiger charge is -2.15. The van der Waals surface area contributed by atoms with E-state index in [1.165, 1.54) is 0 Å². The summed E-state index contributed by atoms with van der Waals surface area (Å²) >= 11 is 0. The van der Waals surface area contributed by atoms with E-state index in [4.69, 9.17) is 4.74 Å². The van der Waals surface area contributed by atoms with E-state index < -0.39 is 6.10 Å². The van der Waals surface area contributed by atoms with Crippen molar-refractivity contribution in [2.45, 2.75) is 39.0 Å². The van der Waals surface area contributed by atoms with Crippen LogP contribution in [0.5, 0.6) is 0 Å². The molecule has 14 heavy (non-hydrogen) atoms. The van der Waals surface area contributed by atoms with Crippen molar-refractivity contribution in [3.63, 3.8) is 0 Å². The highest BCUT2D eigenvalue weighted by Gasteiger charge is 2.17. The van der Waals surface area contributed by atoms with Crippen LogP contribution in [0.4, 0.5) is 0 Å². The molecule has 4 heteroatoms. The van der Waals surface area contributed by atoms with Gasteiger partial charge in [0.15, 0.2) is 0 Å². The Morgan fingerprint density at radius 1 is 1.64 bits per heavy atom. The van der Waals surface area contributed by atoms with Gasteiger partial charge in [-0.25, -0.2) is 0 Å². The largest absolute Gasteiger partial charge is 0.386 e. The number of aliphatic hydroxyl groups is 1. The van der Waals surface area contributed by atoms with Gasteiger partial charge in [-0.05, 0) is 13.3 Å². The maximum absolute atomic E-state index is 9.79. The van der Waals surface area contributed by atoms with Crippen molar-refractivity contribution in [2.75, 3.05) is 7.11 Å². The molecule has 0 saturated heterocycles. The molecule has 1 aromatic heterocycles. The Bertz CT molecular complexity index is 273. The number of ether oxygens (including phenoxy) is 1. The Morgan fingerprint density at radius 2 is 2.36 bits per heavy atom. The quantitative estimate of drug-likeness (QED) is 0.777. The number of hydrogen-bond acceptors (Lipinski definition) is 3. The fourth-order valence-electron chi connectivity index (χ4n) is 1.28. The summed E-state index contributed by atoms with van der Waals surface area (Å²) in [5.74, 6) is 0. The van der Waals surface area contributed by atoms with Gasteiger partial charge in [-0.1, -0.05) is 6.92 Å². The smallest absolute Gasteiger partial charge is 0.108 e. The Kier molecular flexibility index (Phi) is 4.10. The maximum Gasteiger partial charge on any atom is 0.108 e. The normalized spacial score (nSPS) is 15.4.